The van der Waals surface area contributed by atoms with E-state index in [1.807, 2.05) is 21.1 Å². The Morgan fingerprint density at radius 2 is 0.740 bits per heavy atom. The first kappa shape index (κ1) is 72.7. The molecule has 0 rings (SSSR count). The van der Waals surface area contributed by atoms with Crippen molar-refractivity contribution in [2.45, 2.75) is 245 Å². The number of nitrogens with zero attached hydrogens (tertiary/aromatic N) is 1. The lowest BCUT2D eigenvalue weighted by Gasteiger charge is -2.25. The normalized spacial score (nSPS) is 13.6. The van der Waals surface area contributed by atoms with Crippen LogP contribution in [0.4, 0.5) is 0 Å². The van der Waals surface area contributed by atoms with Gasteiger partial charge in [-0.3, -0.25) is 9.59 Å². The summed E-state index contributed by atoms with van der Waals surface area (Å²) in [7, 11) is 5.95. The van der Waals surface area contributed by atoms with Crippen LogP contribution in [0.5, 0.6) is 0 Å². The molecule has 438 valence electrons. The molecule has 0 saturated heterocycles. The van der Waals surface area contributed by atoms with E-state index in [0.717, 1.165) is 116 Å². The number of likely N-dealkylation sites (N-methyl/N-ethyl adjacent to an activating group) is 1. The Kier molecular flexibility index (Phi) is 54.6. The van der Waals surface area contributed by atoms with Gasteiger partial charge in [-0.15, -0.1) is 0 Å². The van der Waals surface area contributed by atoms with E-state index in [1.165, 1.54) is 83.5 Å². The number of rotatable bonds is 55. The standard InChI is InChI=1S/C68H113NO8/c1-6-8-10-12-14-16-18-20-22-24-26-28-29-30-31-32-33-34-35-36-37-39-41-43-45-47-49-51-53-55-57-59-66(71)77-64(63-76-68(67(72)73)74-61-60-69(3,4)5)62-75-65(70)58-56-54-52-50-48-46-44-42-40-38-27-25-23-21-19-17-15-13-11-9-7-2/h8,10,14,16,19-22,25-28,30-31,33-34,36-37,41,43,64,68H,6-7,9,11-13,15,17-18,23-24,29,32,35,38-40,42,44-63H2,1-5H3/p+1/b10-8-,16-14-,21-19-,22-20-,27-25-,28-26-,31-30-,34-33-,37-36-,43-41-. The summed E-state index contributed by atoms with van der Waals surface area (Å²) in [4.78, 5) is 37.5. The van der Waals surface area contributed by atoms with Gasteiger partial charge in [0.25, 0.3) is 6.29 Å². The molecule has 0 aromatic heterocycles. The molecular formula is C68H114NO8+. The minimum atomic E-state index is -1.52. The Balaban J connectivity index is 4.30. The highest BCUT2D eigenvalue weighted by Gasteiger charge is 2.25. The van der Waals surface area contributed by atoms with Crippen LogP contribution in [-0.2, 0) is 33.3 Å². The quantitative estimate of drug-likeness (QED) is 0.0211. The molecule has 0 amide bonds. The summed E-state index contributed by atoms with van der Waals surface area (Å²) >= 11 is 0. The van der Waals surface area contributed by atoms with Gasteiger partial charge in [-0.2, -0.15) is 0 Å². The van der Waals surface area contributed by atoms with Gasteiger partial charge >= 0.3 is 17.9 Å². The van der Waals surface area contributed by atoms with Gasteiger partial charge < -0.3 is 28.5 Å². The van der Waals surface area contributed by atoms with Crippen LogP contribution in [0.1, 0.15) is 232 Å². The molecule has 0 aromatic rings. The number of esters is 2. The molecule has 1 N–H and O–H groups in total. The zero-order valence-electron chi connectivity index (χ0n) is 49.8. The van der Waals surface area contributed by atoms with Crippen molar-refractivity contribution in [1.82, 2.24) is 0 Å². The average Bonchev–Trinajstić information content (AvgIpc) is 3.40. The fourth-order valence-corrected chi connectivity index (χ4v) is 8.00. The van der Waals surface area contributed by atoms with Crippen LogP contribution in [0.25, 0.3) is 0 Å². The molecule has 0 aromatic carbocycles. The maximum absolute atomic E-state index is 12.9. The third kappa shape index (κ3) is 59.2. The van der Waals surface area contributed by atoms with Crippen molar-refractivity contribution in [3.8, 4) is 0 Å². The van der Waals surface area contributed by atoms with Gasteiger partial charge in [-0.1, -0.05) is 232 Å². The summed E-state index contributed by atoms with van der Waals surface area (Å²) in [5, 5.41) is 9.72. The number of quaternary nitrogens is 1. The third-order valence-corrected chi connectivity index (χ3v) is 12.7. The minimum Gasteiger partial charge on any atom is -0.477 e. The van der Waals surface area contributed by atoms with Crippen LogP contribution in [-0.4, -0.2) is 87.4 Å². The second kappa shape index (κ2) is 57.9. The van der Waals surface area contributed by atoms with E-state index in [1.54, 1.807) is 0 Å². The number of carbonyl (C=O) groups excluding carboxylic acids is 2. The number of carbonyl (C=O) groups is 3. The van der Waals surface area contributed by atoms with Gasteiger partial charge in [0, 0.05) is 12.8 Å². The summed E-state index contributed by atoms with van der Waals surface area (Å²) in [6, 6.07) is 0. The van der Waals surface area contributed by atoms with Gasteiger partial charge in [0.15, 0.2) is 6.10 Å². The van der Waals surface area contributed by atoms with Crippen molar-refractivity contribution in [3.05, 3.63) is 122 Å². The lowest BCUT2D eigenvalue weighted by Crippen LogP contribution is -2.40. The Labute approximate surface area is 472 Å². The number of carboxylic acids is 1. The van der Waals surface area contributed by atoms with E-state index in [9.17, 15) is 19.5 Å². The van der Waals surface area contributed by atoms with Crippen molar-refractivity contribution in [1.29, 1.82) is 0 Å². The second-order valence-electron chi connectivity index (χ2n) is 21.3. The molecule has 0 saturated carbocycles. The SMILES string of the molecule is CC/C=C\C/C=C\C/C=C\C/C=C\C/C=C\C/C=C\C/C=C\C/C=C\CCCCCCCCC(=O)OC(COC(=O)CCCCCCCCCCC/C=C\C/C=C\CCCCCCC)COC(OCC[N+](C)(C)C)C(=O)O. The van der Waals surface area contributed by atoms with Crippen molar-refractivity contribution in [2.24, 2.45) is 0 Å². The average molecular weight is 1070 g/mol. The molecule has 0 bridgehead atoms. The molecule has 9 heteroatoms. The Morgan fingerprint density at radius 1 is 0.403 bits per heavy atom. The Bertz CT molecular complexity index is 1670. The molecule has 0 aliphatic rings. The zero-order chi connectivity index (χ0) is 56.2. The topological polar surface area (TPSA) is 108 Å². The second-order valence-corrected chi connectivity index (χ2v) is 21.3. The number of hydrogen-bond donors (Lipinski definition) is 1. The summed E-state index contributed by atoms with van der Waals surface area (Å²) in [5.41, 5.74) is 0. The van der Waals surface area contributed by atoms with E-state index in [0.29, 0.717) is 17.4 Å². The minimum absolute atomic E-state index is 0.177. The van der Waals surface area contributed by atoms with Gasteiger partial charge in [-0.25, -0.2) is 4.79 Å². The van der Waals surface area contributed by atoms with Crippen LogP contribution in [0.2, 0.25) is 0 Å². The first-order chi connectivity index (χ1) is 37.6. The van der Waals surface area contributed by atoms with Crippen LogP contribution < -0.4 is 0 Å². The molecule has 0 aliphatic carbocycles. The van der Waals surface area contributed by atoms with E-state index < -0.39 is 24.3 Å². The van der Waals surface area contributed by atoms with Gasteiger partial charge in [0.05, 0.1) is 34.4 Å². The smallest absolute Gasteiger partial charge is 0.361 e. The number of aliphatic carboxylic acids is 1. The molecule has 77 heavy (non-hydrogen) atoms. The van der Waals surface area contributed by atoms with Crippen molar-refractivity contribution in [3.63, 3.8) is 0 Å². The van der Waals surface area contributed by atoms with Gasteiger partial charge in [0.1, 0.15) is 13.2 Å². The maximum Gasteiger partial charge on any atom is 0.361 e. The molecule has 9 nitrogen and oxygen atoms in total. The van der Waals surface area contributed by atoms with E-state index >= 15 is 0 Å². The summed E-state index contributed by atoms with van der Waals surface area (Å²) < 4.78 is 22.9. The summed E-state index contributed by atoms with van der Waals surface area (Å²) in [6.45, 7) is 4.72. The molecule has 0 fully saturated rings. The number of unbranched alkanes of at least 4 members (excludes halogenated alkanes) is 20. The van der Waals surface area contributed by atoms with Crippen LogP contribution in [0.3, 0.4) is 0 Å². The van der Waals surface area contributed by atoms with E-state index in [-0.39, 0.29) is 38.6 Å². The van der Waals surface area contributed by atoms with Gasteiger partial charge in [0.2, 0.25) is 0 Å². The first-order valence-corrected chi connectivity index (χ1v) is 30.7. The Hall–Kier alpha value is -4.31. The number of allylic oxidation sites excluding steroid dienone is 20. The molecule has 0 radical (unpaired) electrons. The highest BCUT2D eigenvalue weighted by atomic mass is 16.7. The predicted molar refractivity (Wildman–Crippen MR) is 327 cm³/mol. The largest absolute Gasteiger partial charge is 0.477 e. The van der Waals surface area contributed by atoms with E-state index in [4.69, 9.17) is 18.9 Å². The fraction of sp³-hybridized carbons (Fsp3) is 0.662. The van der Waals surface area contributed by atoms with Crippen molar-refractivity contribution < 1.29 is 42.9 Å². The highest BCUT2D eigenvalue weighted by Crippen LogP contribution is 2.15. The van der Waals surface area contributed by atoms with Crippen LogP contribution >= 0.6 is 0 Å². The zero-order valence-corrected chi connectivity index (χ0v) is 49.8. The number of carboxylic acid groups (broad SMARTS) is 1. The lowest BCUT2D eigenvalue weighted by molar-refractivity contribution is -0.870. The van der Waals surface area contributed by atoms with E-state index in [2.05, 4.69) is 135 Å². The first-order valence-electron chi connectivity index (χ1n) is 30.7. The van der Waals surface area contributed by atoms with Crippen molar-refractivity contribution in [2.75, 3.05) is 47.5 Å². The van der Waals surface area contributed by atoms with Crippen molar-refractivity contribution >= 4 is 17.9 Å². The number of ether oxygens (including phenoxy) is 4. The highest BCUT2D eigenvalue weighted by molar-refractivity contribution is 5.71. The molecule has 2 unspecified atom stereocenters. The molecular weight excluding hydrogens is 959 g/mol. The molecule has 2 atom stereocenters. The molecule has 0 heterocycles. The van der Waals surface area contributed by atoms with Crippen LogP contribution in [0.15, 0.2) is 122 Å². The predicted octanol–water partition coefficient (Wildman–Crippen LogP) is 18.5. The molecule has 0 aliphatic heterocycles. The third-order valence-electron chi connectivity index (χ3n) is 12.7. The summed E-state index contributed by atoms with van der Waals surface area (Å²) in [6.07, 6.45) is 78.4. The molecule has 0 spiro atoms. The maximum atomic E-state index is 12.9. The fourth-order valence-electron chi connectivity index (χ4n) is 8.00. The van der Waals surface area contributed by atoms with Crippen LogP contribution in [0, 0.1) is 0 Å². The Morgan fingerprint density at radius 3 is 1.10 bits per heavy atom. The number of hydrogen-bond acceptors (Lipinski definition) is 7. The van der Waals surface area contributed by atoms with Gasteiger partial charge in [-0.05, 0) is 109 Å². The lowest BCUT2D eigenvalue weighted by atomic mass is 10.1. The monoisotopic (exact) mass is 1070 g/mol. The summed E-state index contributed by atoms with van der Waals surface area (Å²) in [5.74, 6) is -2.04.